The van der Waals surface area contributed by atoms with Crippen molar-refractivity contribution in [3.8, 4) is 5.75 Å². The highest BCUT2D eigenvalue weighted by molar-refractivity contribution is 5.97. The summed E-state index contributed by atoms with van der Waals surface area (Å²) in [6, 6.07) is 10.6. The van der Waals surface area contributed by atoms with Gasteiger partial charge < -0.3 is 19.9 Å². The number of benzene rings is 2. The molecule has 2 rings (SSSR count). The molecule has 25 heavy (non-hydrogen) atoms. The molecule has 0 atom stereocenters. The third kappa shape index (κ3) is 4.81. The Morgan fingerprint density at radius 3 is 2.36 bits per heavy atom. The number of hydrogen-bond donors (Lipinski definition) is 2. The number of aryl methyl sites for hydroxylation is 1. The molecule has 0 unspecified atom stereocenters. The van der Waals surface area contributed by atoms with Crippen molar-refractivity contribution in [1.82, 2.24) is 0 Å². The molecule has 1 amide bonds. The first-order valence-electron chi connectivity index (χ1n) is 7.35. The van der Waals surface area contributed by atoms with Crippen molar-refractivity contribution < 1.29 is 29.0 Å². The van der Waals surface area contributed by atoms with Crippen molar-refractivity contribution in [2.45, 2.75) is 6.92 Å². The van der Waals surface area contributed by atoms with Crippen LogP contribution in [0.25, 0.3) is 0 Å². The number of anilines is 1. The van der Waals surface area contributed by atoms with Crippen LogP contribution < -0.4 is 5.32 Å². The topological polar surface area (TPSA) is 102 Å². The molecule has 0 heterocycles. The molecule has 0 aliphatic heterocycles. The predicted molar refractivity (Wildman–Crippen MR) is 89.5 cm³/mol. The zero-order chi connectivity index (χ0) is 18.4. The number of aromatic hydroxyl groups is 1. The quantitative estimate of drug-likeness (QED) is 0.808. The molecular formula is C18H17NO6. The molecule has 130 valence electrons. The van der Waals surface area contributed by atoms with Crippen LogP contribution in [0.4, 0.5) is 5.69 Å². The van der Waals surface area contributed by atoms with Crippen LogP contribution in [0.2, 0.25) is 0 Å². The number of carbonyl (C=O) groups excluding carboxylic acids is 3. The predicted octanol–water partition coefficient (Wildman–Crippen LogP) is 2.28. The maximum atomic E-state index is 11.9. The second-order valence-corrected chi connectivity index (χ2v) is 5.21. The van der Waals surface area contributed by atoms with E-state index in [9.17, 15) is 19.5 Å². The fourth-order valence-electron chi connectivity index (χ4n) is 2.03. The van der Waals surface area contributed by atoms with E-state index in [1.54, 1.807) is 13.0 Å². The van der Waals surface area contributed by atoms with Crippen LogP contribution in [0.1, 0.15) is 26.3 Å². The number of methoxy groups -OCH3 is 1. The zero-order valence-corrected chi connectivity index (χ0v) is 13.7. The monoisotopic (exact) mass is 343 g/mol. The molecule has 2 N–H and O–H groups in total. The van der Waals surface area contributed by atoms with E-state index in [0.29, 0.717) is 11.3 Å². The van der Waals surface area contributed by atoms with E-state index < -0.39 is 24.5 Å². The highest BCUT2D eigenvalue weighted by Crippen LogP contribution is 2.19. The number of phenolic OH excluding ortho intramolecular Hbond substituents is 1. The largest absolute Gasteiger partial charge is 0.507 e. The van der Waals surface area contributed by atoms with Gasteiger partial charge in [0.15, 0.2) is 6.61 Å². The molecule has 0 bridgehead atoms. The van der Waals surface area contributed by atoms with Gasteiger partial charge in [0.25, 0.3) is 5.91 Å². The molecule has 0 saturated heterocycles. The van der Waals surface area contributed by atoms with Gasteiger partial charge in [0, 0.05) is 5.69 Å². The average Bonchev–Trinajstić information content (AvgIpc) is 2.61. The Morgan fingerprint density at radius 2 is 1.72 bits per heavy atom. The summed E-state index contributed by atoms with van der Waals surface area (Å²) in [5.74, 6) is -2.04. The van der Waals surface area contributed by atoms with Crippen LogP contribution in [0.3, 0.4) is 0 Å². The minimum Gasteiger partial charge on any atom is -0.507 e. The van der Waals surface area contributed by atoms with E-state index in [1.165, 1.54) is 43.5 Å². The molecule has 2 aromatic rings. The minimum atomic E-state index is -0.794. The Morgan fingerprint density at radius 1 is 1.04 bits per heavy atom. The SMILES string of the molecule is COC(=O)c1ccc(NC(=O)COC(=O)c2cc(C)ccc2O)cc1. The van der Waals surface area contributed by atoms with E-state index in [4.69, 9.17) is 4.74 Å². The van der Waals surface area contributed by atoms with Crippen LogP contribution in [0, 0.1) is 6.92 Å². The fourth-order valence-corrected chi connectivity index (χ4v) is 2.03. The van der Waals surface area contributed by atoms with Gasteiger partial charge in [-0.1, -0.05) is 11.6 Å². The average molecular weight is 343 g/mol. The summed E-state index contributed by atoms with van der Waals surface area (Å²) in [7, 11) is 1.28. The molecule has 0 aliphatic rings. The summed E-state index contributed by atoms with van der Waals surface area (Å²) in [4.78, 5) is 35.1. The molecule has 0 aromatic heterocycles. The van der Waals surface area contributed by atoms with Crippen molar-refractivity contribution in [3.05, 3.63) is 59.2 Å². The highest BCUT2D eigenvalue weighted by atomic mass is 16.5. The Hall–Kier alpha value is -3.35. The third-order valence-corrected chi connectivity index (χ3v) is 3.30. The fraction of sp³-hybridized carbons (Fsp3) is 0.167. The summed E-state index contributed by atoms with van der Waals surface area (Å²) in [6.07, 6.45) is 0. The number of amides is 1. The molecule has 7 nitrogen and oxygen atoms in total. The van der Waals surface area contributed by atoms with E-state index in [1.807, 2.05) is 0 Å². The van der Waals surface area contributed by atoms with Crippen LogP contribution in [-0.4, -0.2) is 36.7 Å². The van der Waals surface area contributed by atoms with Crippen molar-refractivity contribution in [1.29, 1.82) is 0 Å². The maximum Gasteiger partial charge on any atom is 0.342 e. The number of rotatable bonds is 5. The normalized spacial score (nSPS) is 10.0. The summed E-state index contributed by atoms with van der Waals surface area (Å²) in [5, 5.41) is 12.2. The van der Waals surface area contributed by atoms with Gasteiger partial charge in [-0.05, 0) is 43.3 Å². The van der Waals surface area contributed by atoms with Crippen LogP contribution in [0.5, 0.6) is 5.75 Å². The number of phenols is 1. The van der Waals surface area contributed by atoms with Crippen molar-refractivity contribution in [2.24, 2.45) is 0 Å². The van der Waals surface area contributed by atoms with Gasteiger partial charge in [-0.15, -0.1) is 0 Å². The first-order chi connectivity index (χ1) is 11.9. The smallest absolute Gasteiger partial charge is 0.342 e. The van der Waals surface area contributed by atoms with E-state index in [-0.39, 0.29) is 11.3 Å². The first kappa shape index (κ1) is 18.0. The van der Waals surface area contributed by atoms with Gasteiger partial charge in [0.05, 0.1) is 12.7 Å². The van der Waals surface area contributed by atoms with Crippen molar-refractivity contribution in [2.75, 3.05) is 19.0 Å². The molecule has 0 radical (unpaired) electrons. The number of carbonyl (C=O) groups is 3. The first-order valence-corrected chi connectivity index (χ1v) is 7.35. The lowest BCUT2D eigenvalue weighted by Crippen LogP contribution is -2.21. The molecule has 0 aliphatic carbocycles. The number of nitrogens with one attached hydrogen (secondary N) is 1. The summed E-state index contributed by atoms with van der Waals surface area (Å²) in [6.45, 7) is 1.26. The Balaban J connectivity index is 1.91. The van der Waals surface area contributed by atoms with Crippen LogP contribution in [-0.2, 0) is 14.3 Å². The van der Waals surface area contributed by atoms with Gasteiger partial charge in [-0.25, -0.2) is 9.59 Å². The second-order valence-electron chi connectivity index (χ2n) is 5.21. The minimum absolute atomic E-state index is 0.00442. The summed E-state index contributed by atoms with van der Waals surface area (Å²) in [5.41, 5.74) is 1.56. The van der Waals surface area contributed by atoms with Crippen LogP contribution in [0.15, 0.2) is 42.5 Å². The van der Waals surface area contributed by atoms with E-state index in [2.05, 4.69) is 10.1 Å². The third-order valence-electron chi connectivity index (χ3n) is 3.30. The Bertz CT molecular complexity index is 798. The van der Waals surface area contributed by atoms with Crippen LogP contribution >= 0.6 is 0 Å². The summed E-state index contributed by atoms with van der Waals surface area (Å²) < 4.78 is 9.47. The molecule has 0 saturated carbocycles. The summed E-state index contributed by atoms with van der Waals surface area (Å²) >= 11 is 0. The lowest BCUT2D eigenvalue weighted by atomic mass is 10.1. The number of ether oxygens (including phenoxy) is 2. The molecule has 0 fully saturated rings. The maximum absolute atomic E-state index is 11.9. The van der Waals surface area contributed by atoms with Crippen molar-refractivity contribution >= 4 is 23.5 Å². The van der Waals surface area contributed by atoms with Gasteiger partial charge in [0.1, 0.15) is 11.3 Å². The molecule has 0 spiro atoms. The van der Waals surface area contributed by atoms with Gasteiger partial charge in [-0.3, -0.25) is 4.79 Å². The van der Waals surface area contributed by atoms with Gasteiger partial charge >= 0.3 is 11.9 Å². The molecule has 7 heteroatoms. The lowest BCUT2D eigenvalue weighted by Gasteiger charge is -2.08. The zero-order valence-electron chi connectivity index (χ0n) is 13.7. The number of esters is 2. The van der Waals surface area contributed by atoms with E-state index >= 15 is 0 Å². The van der Waals surface area contributed by atoms with Crippen molar-refractivity contribution in [3.63, 3.8) is 0 Å². The number of hydrogen-bond acceptors (Lipinski definition) is 6. The Kier molecular flexibility index (Phi) is 5.73. The Labute approximate surface area is 144 Å². The second kappa shape index (κ2) is 7.96. The van der Waals surface area contributed by atoms with E-state index in [0.717, 1.165) is 5.56 Å². The van der Waals surface area contributed by atoms with Gasteiger partial charge in [0.2, 0.25) is 0 Å². The molecular weight excluding hydrogens is 326 g/mol. The standard InChI is InChI=1S/C18H17NO6/c1-11-3-8-15(20)14(9-11)18(23)25-10-16(21)19-13-6-4-12(5-7-13)17(22)24-2/h3-9,20H,10H2,1-2H3,(H,19,21). The van der Waals surface area contributed by atoms with Gasteiger partial charge in [-0.2, -0.15) is 0 Å². The molecule has 2 aromatic carbocycles. The lowest BCUT2D eigenvalue weighted by molar-refractivity contribution is -0.119. The highest BCUT2D eigenvalue weighted by Gasteiger charge is 2.15.